The molecule has 2 aromatic carbocycles. The van der Waals surface area contributed by atoms with Crippen LogP contribution in [0.15, 0.2) is 54.6 Å². The number of ether oxygens (including phenoxy) is 1. The van der Waals surface area contributed by atoms with Crippen molar-refractivity contribution in [1.82, 2.24) is 9.88 Å². The molecule has 0 spiro atoms. The molecule has 0 saturated heterocycles. The van der Waals surface area contributed by atoms with Crippen LogP contribution in [0.25, 0.3) is 11.3 Å². The summed E-state index contributed by atoms with van der Waals surface area (Å²) < 4.78 is 5.94. The van der Waals surface area contributed by atoms with E-state index in [1.54, 1.807) is 7.11 Å². The van der Waals surface area contributed by atoms with Crippen LogP contribution in [0.4, 0.5) is 0 Å². The van der Waals surface area contributed by atoms with Gasteiger partial charge in [-0.25, -0.2) is 0 Å². The minimum atomic E-state index is 0.377. The van der Waals surface area contributed by atoms with Crippen molar-refractivity contribution in [3.63, 3.8) is 0 Å². The predicted molar refractivity (Wildman–Crippen MR) is 140 cm³/mol. The third kappa shape index (κ3) is 5.83. The zero-order valence-corrected chi connectivity index (χ0v) is 21.3. The van der Waals surface area contributed by atoms with E-state index in [2.05, 4.69) is 94.2 Å². The van der Waals surface area contributed by atoms with Gasteiger partial charge in [-0.05, 0) is 49.9 Å². The van der Waals surface area contributed by atoms with Crippen LogP contribution < -0.4 is 4.74 Å². The summed E-state index contributed by atoms with van der Waals surface area (Å²) in [7, 11) is 4.00. The molecule has 0 aliphatic heterocycles. The predicted octanol–water partition coefficient (Wildman–Crippen LogP) is 7.55. The number of aromatic nitrogens is 1. The van der Waals surface area contributed by atoms with Crippen LogP contribution in [-0.4, -0.2) is 24.0 Å². The van der Waals surface area contributed by atoms with Crippen molar-refractivity contribution in [3.05, 3.63) is 82.5 Å². The van der Waals surface area contributed by atoms with Crippen molar-refractivity contribution < 1.29 is 4.74 Å². The van der Waals surface area contributed by atoms with Gasteiger partial charge in [0.2, 0.25) is 0 Å². The minimum absolute atomic E-state index is 0.377. The molecule has 3 rings (SSSR count). The van der Waals surface area contributed by atoms with E-state index in [9.17, 15) is 0 Å². The minimum Gasteiger partial charge on any atom is -0.496 e. The lowest BCUT2D eigenvalue weighted by Crippen LogP contribution is -2.25. The quantitative estimate of drug-likeness (QED) is 0.305. The monoisotopic (exact) mass is 444 g/mol. The van der Waals surface area contributed by atoms with Gasteiger partial charge in [0.25, 0.3) is 0 Å². The van der Waals surface area contributed by atoms with Crippen LogP contribution in [0.2, 0.25) is 0 Å². The van der Waals surface area contributed by atoms with E-state index in [0.717, 1.165) is 42.9 Å². The van der Waals surface area contributed by atoms with E-state index in [0.29, 0.717) is 6.04 Å². The highest BCUT2D eigenvalue weighted by Gasteiger charge is 2.21. The highest BCUT2D eigenvalue weighted by atomic mass is 16.5. The first-order valence-electron chi connectivity index (χ1n) is 12.4. The second-order valence-electron chi connectivity index (χ2n) is 8.92. The van der Waals surface area contributed by atoms with Gasteiger partial charge in [-0.3, -0.25) is 9.88 Å². The summed E-state index contributed by atoms with van der Waals surface area (Å²) in [6.45, 7) is 9.62. The van der Waals surface area contributed by atoms with Gasteiger partial charge in [-0.1, -0.05) is 82.1 Å². The maximum Gasteiger partial charge on any atom is 0.127 e. The summed E-state index contributed by atoms with van der Waals surface area (Å²) in [6.07, 6.45) is 5.55. The summed E-state index contributed by atoms with van der Waals surface area (Å²) in [4.78, 5) is 7.56. The van der Waals surface area contributed by atoms with Crippen molar-refractivity contribution in [2.24, 2.45) is 0 Å². The number of methoxy groups -OCH3 is 1. The summed E-state index contributed by atoms with van der Waals surface area (Å²) in [6, 6.07) is 20.0. The Morgan fingerprint density at radius 2 is 1.61 bits per heavy atom. The number of pyridine rings is 1. The molecule has 0 bridgehead atoms. The molecule has 3 heteroatoms. The molecule has 0 amide bonds. The fraction of sp³-hybridized carbons (Fsp3) is 0.433. The van der Waals surface area contributed by atoms with Gasteiger partial charge < -0.3 is 4.74 Å². The third-order valence-corrected chi connectivity index (χ3v) is 6.72. The van der Waals surface area contributed by atoms with Gasteiger partial charge in [-0.2, -0.15) is 0 Å². The lowest BCUT2D eigenvalue weighted by atomic mass is 9.94. The van der Waals surface area contributed by atoms with Gasteiger partial charge in [0.05, 0.1) is 12.8 Å². The zero-order valence-electron chi connectivity index (χ0n) is 21.3. The smallest absolute Gasteiger partial charge is 0.127 e. The standard InChI is InChI=1S/C30H40N2O/c1-7-10-19-28(25-15-12-11-13-16-25)32(5)21-26-22(4)31-27(20-29(26)33-6)30-23(8-2)17-14-18-24(30)9-3/h11-18,20,28H,7-10,19,21H2,1-6H3. The molecule has 1 unspecified atom stereocenters. The Morgan fingerprint density at radius 1 is 0.939 bits per heavy atom. The van der Waals surface area contributed by atoms with Gasteiger partial charge in [0.15, 0.2) is 0 Å². The summed E-state index contributed by atoms with van der Waals surface area (Å²) >= 11 is 0. The molecule has 1 aromatic heterocycles. The number of nitrogens with zero attached hydrogens (tertiary/aromatic N) is 2. The summed E-state index contributed by atoms with van der Waals surface area (Å²) in [5.74, 6) is 0.930. The molecular weight excluding hydrogens is 404 g/mol. The van der Waals surface area contributed by atoms with Crippen LogP contribution in [0, 0.1) is 6.92 Å². The average Bonchev–Trinajstić information content (AvgIpc) is 2.85. The first kappa shape index (κ1) is 25.0. The number of hydrogen-bond donors (Lipinski definition) is 0. The summed E-state index contributed by atoms with van der Waals surface area (Å²) in [5.41, 5.74) is 8.58. The first-order valence-corrected chi connectivity index (χ1v) is 12.4. The molecule has 3 aromatic rings. The Kier molecular flexibility index (Phi) is 9.08. The normalized spacial score (nSPS) is 12.2. The average molecular weight is 445 g/mol. The van der Waals surface area contributed by atoms with Crippen LogP contribution >= 0.6 is 0 Å². The Labute approximate surface area is 200 Å². The third-order valence-electron chi connectivity index (χ3n) is 6.72. The Morgan fingerprint density at radius 3 is 2.18 bits per heavy atom. The topological polar surface area (TPSA) is 25.4 Å². The molecule has 176 valence electrons. The van der Waals surface area contributed by atoms with E-state index in [4.69, 9.17) is 9.72 Å². The molecule has 33 heavy (non-hydrogen) atoms. The van der Waals surface area contributed by atoms with E-state index in [1.165, 1.54) is 40.7 Å². The number of hydrogen-bond acceptors (Lipinski definition) is 3. The van der Waals surface area contributed by atoms with Gasteiger partial charge in [-0.15, -0.1) is 0 Å². The van der Waals surface area contributed by atoms with Crippen LogP contribution in [0.3, 0.4) is 0 Å². The SMILES string of the molecule is CCCCC(c1ccccc1)N(C)Cc1c(OC)cc(-c2c(CC)cccc2CC)nc1C. The first-order chi connectivity index (χ1) is 16.0. The van der Waals surface area contributed by atoms with E-state index in [1.807, 2.05) is 0 Å². The molecule has 0 fully saturated rings. The Hall–Kier alpha value is -2.65. The van der Waals surface area contributed by atoms with Gasteiger partial charge in [0.1, 0.15) is 5.75 Å². The maximum atomic E-state index is 5.94. The molecule has 0 N–H and O–H groups in total. The highest BCUT2D eigenvalue weighted by molar-refractivity contribution is 5.70. The van der Waals surface area contributed by atoms with E-state index >= 15 is 0 Å². The van der Waals surface area contributed by atoms with E-state index < -0.39 is 0 Å². The van der Waals surface area contributed by atoms with Crippen LogP contribution in [-0.2, 0) is 19.4 Å². The molecule has 0 aliphatic rings. The van der Waals surface area contributed by atoms with E-state index in [-0.39, 0.29) is 0 Å². The lowest BCUT2D eigenvalue weighted by molar-refractivity contribution is 0.217. The fourth-order valence-electron chi connectivity index (χ4n) is 4.82. The fourth-order valence-corrected chi connectivity index (χ4v) is 4.82. The number of benzene rings is 2. The second kappa shape index (κ2) is 12.0. The van der Waals surface area contributed by atoms with Crippen molar-refractivity contribution in [2.45, 2.75) is 72.4 Å². The molecule has 0 radical (unpaired) electrons. The molecular formula is C30H40N2O. The van der Waals surface area contributed by atoms with Crippen LogP contribution in [0.1, 0.15) is 74.0 Å². The van der Waals surface area contributed by atoms with Crippen LogP contribution in [0.5, 0.6) is 5.75 Å². The lowest BCUT2D eigenvalue weighted by Gasteiger charge is -2.30. The largest absolute Gasteiger partial charge is 0.496 e. The van der Waals surface area contributed by atoms with Crippen molar-refractivity contribution in [3.8, 4) is 17.0 Å². The zero-order chi connectivity index (χ0) is 23.8. The molecule has 0 saturated carbocycles. The number of unbranched alkanes of at least 4 members (excludes halogenated alkanes) is 1. The van der Waals surface area contributed by atoms with Gasteiger partial charge in [0, 0.05) is 35.5 Å². The highest BCUT2D eigenvalue weighted by Crippen LogP contribution is 2.35. The Bertz CT molecular complexity index is 1010. The second-order valence-corrected chi connectivity index (χ2v) is 8.92. The molecule has 1 heterocycles. The number of aryl methyl sites for hydroxylation is 3. The molecule has 0 aliphatic carbocycles. The Balaban J connectivity index is 1.98. The summed E-state index contributed by atoms with van der Waals surface area (Å²) in [5, 5.41) is 0. The van der Waals surface area contributed by atoms with Crippen molar-refractivity contribution in [2.75, 3.05) is 14.2 Å². The maximum absolute atomic E-state index is 5.94. The van der Waals surface area contributed by atoms with Crippen molar-refractivity contribution in [1.29, 1.82) is 0 Å². The van der Waals surface area contributed by atoms with Gasteiger partial charge >= 0.3 is 0 Å². The molecule has 1 atom stereocenters. The number of rotatable bonds is 11. The van der Waals surface area contributed by atoms with Crippen molar-refractivity contribution >= 4 is 0 Å². The molecule has 3 nitrogen and oxygen atoms in total.